The highest BCUT2D eigenvalue weighted by atomic mass is 35.5. The number of fused-ring (bicyclic) bond motifs is 1. The summed E-state index contributed by atoms with van der Waals surface area (Å²) in [6.07, 6.45) is 1.87. The van der Waals surface area contributed by atoms with Crippen molar-refractivity contribution >= 4 is 22.5 Å². The predicted octanol–water partition coefficient (Wildman–Crippen LogP) is 3.79. The average molecular weight is 286 g/mol. The fourth-order valence-electron chi connectivity index (χ4n) is 2.35. The molecule has 0 fully saturated rings. The van der Waals surface area contributed by atoms with E-state index in [0.717, 1.165) is 35.2 Å². The molecular formula is C16H16ClN3. The molecule has 3 rings (SSSR count). The van der Waals surface area contributed by atoms with Gasteiger partial charge in [-0.1, -0.05) is 48.9 Å². The number of aromatic nitrogens is 2. The molecule has 0 radical (unpaired) electrons. The van der Waals surface area contributed by atoms with E-state index in [-0.39, 0.29) is 0 Å². The molecule has 3 nitrogen and oxygen atoms in total. The van der Waals surface area contributed by atoms with Gasteiger partial charge in [-0.3, -0.25) is 0 Å². The van der Waals surface area contributed by atoms with Crippen LogP contribution in [-0.4, -0.2) is 16.3 Å². The summed E-state index contributed by atoms with van der Waals surface area (Å²) in [5.74, 6) is 0. The minimum absolute atomic E-state index is 0.717. The van der Waals surface area contributed by atoms with Gasteiger partial charge in [0.05, 0.1) is 22.4 Å². The molecule has 3 aromatic rings. The van der Waals surface area contributed by atoms with E-state index < -0.39 is 0 Å². The van der Waals surface area contributed by atoms with E-state index >= 15 is 0 Å². The summed E-state index contributed by atoms with van der Waals surface area (Å²) in [5, 5.41) is 9.67. The Kier molecular flexibility index (Phi) is 3.72. The second-order valence-corrected chi connectivity index (χ2v) is 5.05. The maximum Gasteiger partial charge on any atom is 0.0883 e. The largest absolute Gasteiger partial charge is 0.313 e. The second kappa shape index (κ2) is 5.65. The van der Waals surface area contributed by atoms with Crippen molar-refractivity contribution in [1.82, 2.24) is 15.1 Å². The Morgan fingerprint density at radius 1 is 1.15 bits per heavy atom. The van der Waals surface area contributed by atoms with Crippen molar-refractivity contribution in [1.29, 1.82) is 0 Å². The third-order valence-corrected chi connectivity index (χ3v) is 3.63. The maximum atomic E-state index is 6.41. The lowest BCUT2D eigenvalue weighted by atomic mass is 10.1. The van der Waals surface area contributed by atoms with Crippen molar-refractivity contribution in [2.45, 2.75) is 13.5 Å². The summed E-state index contributed by atoms with van der Waals surface area (Å²) >= 11 is 6.41. The smallest absolute Gasteiger partial charge is 0.0883 e. The van der Waals surface area contributed by atoms with Crippen LogP contribution in [0.25, 0.3) is 16.6 Å². The van der Waals surface area contributed by atoms with Crippen LogP contribution >= 0.6 is 11.6 Å². The minimum Gasteiger partial charge on any atom is -0.313 e. The normalized spacial score (nSPS) is 11.1. The third kappa shape index (κ3) is 2.30. The van der Waals surface area contributed by atoms with Gasteiger partial charge >= 0.3 is 0 Å². The van der Waals surface area contributed by atoms with Crippen molar-refractivity contribution in [3.05, 3.63) is 59.2 Å². The van der Waals surface area contributed by atoms with Crippen LogP contribution in [0.3, 0.4) is 0 Å². The van der Waals surface area contributed by atoms with Crippen LogP contribution in [0.1, 0.15) is 12.5 Å². The summed E-state index contributed by atoms with van der Waals surface area (Å²) < 4.78 is 1.92. The highest BCUT2D eigenvalue weighted by Gasteiger charge is 2.12. The number of rotatable bonds is 4. The summed E-state index contributed by atoms with van der Waals surface area (Å²) in [5.41, 5.74) is 3.17. The zero-order chi connectivity index (χ0) is 13.9. The van der Waals surface area contributed by atoms with Crippen LogP contribution in [0.5, 0.6) is 0 Å². The molecule has 1 N–H and O–H groups in total. The van der Waals surface area contributed by atoms with Gasteiger partial charge < -0.3 is 5.32 Å². The standard InChI is InChI=1S/C16H16ClN3/c1-2-18-10-13-7-5-8-14(17)16(13)20-15-9-4-3-6-12(15)11-19-20/h3-9,11,18H,2,10H2,1H3. The quantitative estimate of drug-likeness (QED) is 0.790. The number of hydrogen-bond donors (Lipinski definition) is 1. The molecule has 20 heavy (non-hydrogen) atoms. The Morgan fingerprint density at radius 3 is 2.85 bits per heavy atom. The van der Waals surface area contributed by atoms with E-state index in [0.29, 0.717) is 5.02 Å². The summed E-state index contributed by atoms with van der Waals surface area (Å²) in [7, 11) is 0. The van der Waals surface area contributed by atoms with E-state index in [9.17, 15) is 0 Å². The van der Waals surface area contributed by atoms with Gasteiger partial charge in [-0.05, 0) is 24.2 Å². The molecule has 2 aromatic carbocycles. The molecule has 0 aliphatic heterocycles. The van der Waals surface area contributed by atoms with E-state index in [1.165, 1.54) is 0 Å². The van der Waals surface area contributed by atoms with Gasteiger partial charge in [0.2, 0.25) is 0 Å². The monoisotopic (exact) mass is 285 g/mol. The highest BCUT2D eigenvalue weighted by Crippen LogP contribution is 2.27. The van der Waals surface area contributed by atoms with Crippen LogP contribution < -0.4 is 5.32 Å². The van der Waals surface area contributed by atoms with Gasteiger partial charge in [-0.25, -0.2) is 4.68 Å². The van der Waals surface area contributed by atoms with Gasteiger partial charge in [0.25, 0.3) is 0 Å². The number of nitrogens with zero attached hydrogens (tertiary/aromatic N) is 2. The van der Waals surface area contributed by atoms with Crippen molar-refractivity contribution in [3.8, 4) is 5.69 Å². The first-order valence-electron chi connectivity index (χ1n) is 6.72. The van der Waals surface area contributed by atoms with Gasteiger partial charge in [-0.15, -0.1) is 0 Å². The van der Waals surface area contributed by atoms with Crippen LogP contribution in [0.4, 0.5) is 0 Å². The fourth-order valence-corrected chi connectivity index (χ4v) is 2.62. The van der Waals surface area contributed by atoms with Gasteiger partial charge in [0.1, 0.15) is 0 Å². The summed E-state index contributed by atoms with van der Waals surface area (Å²) in [6.45, 7) is 3.79. The summed E-state index contributed by atoms with van der Waals surface area (Å²) in [6, 6.07) is 14.1. The Morgan fingerprint density at radius 2 is 2.00 bits per heavy atom. The molecule has 0 bridgehead atoms. The molecule has 1 heterocycles. The lowest BCUT2D eigenvalue weighted by molar-refractivity contribution is 0.719. The third-order valence-electron chi connectivity index (χ3n) is 3.32. The molecule has 0 atom stereocenters. The van der Waals surface area contributed by atoms with Crippen LogP contribution in [-0.2, 0) is 6.54 Å². The highest BCUT2D eigenvalue weighted by molar-refractivity contribution is 6.32. The summed E-state index contributed by atoms with van der Waals surface area (Å²) in [4.78, 5) is 0. The zero-order valence-corrected chi connectivity index (χ0v) is 12.1. The van der Waals surface area contributed by atoms with Crippen LogP contribution in [0.15, 0.2) is 48.7 Å². The van der Waals surface area contributed by atoms with Crippen molar-refractivity contribution < 1.29 is 0 Å². The lowest BCUT2D eigenvalue weighted by Gasteiger charge is -2.13. The Bertz CT molecular complexity index is 733. The predicted molar refractivity (Wildman–Crippen MR) is 83.5 cm³/mol. The van der Waals surface area contributed by atoms with Crippen molar-refractivity contribution in [3.63, 3.8) is 0 Å². The Balaban J connectivity index is 2.18. The number of benzene rings is 2. The van der Waals surface area contributed by atoms with Crippen molar-refractivity contribution in [2.24, 2.45) is 0 Å². The molecule has 0 aliphatic rings. The topological polar surface area (TPSA) is 29.9 Å². The second-order valence-electron chi connectivity index (χ2n) is 4.64. The molecule has 4 heteroatoms. The van der Waals surface area contributed by atoms with E-state index in [4.69, 9.17) is 11.6 Å². The SMILES string of the molecule is CCNCc1cccc(Cl)c1-n1ncc2ccccc21. The number of para-hydroxylation sites is 2. The molecule has 0 saturated carbocycles. The van der Waals surface area contributed by atoms with E-state index in [1.54, 1.807) is 0 Å². The van der Waals surface area contributed by atoms with Gasteiger partial charge in [0.15, 0.2) is 0 Å². The molecule has 0 aliphatic carbocycles. The van der Waals surface area contributed by atoms with E-state index in [1.807, 2.05) is 35.1 Å². The Hall–Kier alpha value is -1.84. The first-order valence-corrected chi connectivity index (χ1v) is 7.10. The fraction of sp³-hybridized carbons (Fsp3) is 0.188. The van der Waals surface area contributed by atoms with Crippen LogP contribution in [0, 0.1) is 0 Å². The zero-order valence-electron chi connectivity index (χ0n) is 11.3. The van der Waals surface area contributed by atoms with Crippen molar-refractivity contribution in [2.75, 3.05) is 6.54 Å². The Labute approximate surface area is 123 Å². The number of nitrogens with one attached hydrogen (secondary N) is 1. The molecule has 102 valence electrons. The molecule has 0 saturated heterocycles. The first kappa shape index (κ1) is 13.2. The van der Waals surface area contributed by atoms with E-state index in [2.05, 4.69) is 35.5 Å². The minimum atomic E-state index is 0.717. The van der Waals surface area contributed by atoms with Gasteiger partial charge in [-0.2, -0.15) is 5.10 Å². The first-order chi connectivity index (χ1) is 9.81. The molecule has 0 unspecified atom stereocenters. The number of halogens is 1. The maximum absolute atomic E-state index is 6.41. The molecule has 0 amide bonds. The molecule has 1 aromatic heterocycles. The van der Waals surface area contributed by atoms with Crippen LogP contribution in [0.2, 0.25) is 5.02 Å². The van der Waals surface area contributed by atoms with Gasteiger partial charge in [0, 0.05) is 11.9 Å². The number of hydrogen-bond acceptors (Lipinski definition) is 2. The average Bonchev–Trinajstić information content (AvgIpc) is 2.89. The lowest BCUT2D eigenvalue weighted by Crippen LogP contribution is -2.14. The molecular weight excluding hydrogens is 270 g/mol. The molecule has 0 spiro atoms.